The van der Waals surface area contributed by atoms with Gasteiger partial charge in [-0.25, -0.2) is 4.98 Å². The molecule has 1 amide bonds. The minimum atomic E-state index is -4.38. The van der Waals surface area contributed by atoms with Gasteiger partial charge in [0.05, 0.1) is 12.5 Å². The average molecular weight is 193 g/mol. The van der Waals surface area contributed by atoms with Crippen LogP contribution in [0.25, 0.3) is 0 Å². The van der Waals surface area contributed by atoms with Crippen LogP contribution in [0, 0.1) is 0 Å². The van der Waals surface area contributed by atoms with Gasteiger partial charge >= 0.3 is 6.18 Å². The third-order valence-corrected chi connectivity index (χ3v) is 1.31. The fraction of sp³-hybridized carbons (Fsp3) is 0.333. The highest BCUT2D eigenvalue weighted by molar-refractivity contribution is 5.90. The van der Waals surface area contributed by atoms with Crippen LogP contribution in [0.4, 0.5) is 13.2 Å². The van der Waals surface area contributed by atoms with E-state index in [1.165, 1.54) is 0 Å². The standard InChI is InChI=1S/C6H6F3N3O/c7-6(8,9)2-12-3-11-1-4(12)5(10)13/h1,3H,2H2,(H2,10,13). The number of hydrogen-bond acceptors (Lipinski definition) is 2. The third-order valence-electron chi connectivity index (χ3n) is 1.31. The summed E-state index contributed by atoms with van der Waals surface area (Å²) in [6, 6.07) is 0. The first kappa shape index (κ1) is 9.56. The number of alkyl halides is 3. The Morgan fingerprint density at radius 3 is 2.69 bits per heavy atom. The number of primary amides is 1. The predicted octanol–water partition coefficient (Wildman–Crippen LogP) is 0.544. The normalized spacial score (nSPS) is 11.6. The summed E-state index contributed by atoms with van der Waals surface area (Å²) < 4.78 is 36.2. The van der Waals surface area contributed by atoms with Gasteiger partial charge in [0.15, 0.2) is 0 Å². The molecule has 0 bridgehead atoms. The predicted molar refractivity (Wildman–Crippen MR) is 36.8 cm³/mol. The maximum Gasteiger partial charge on any atom is 0.406 e. The fourth-order valence-corrected chi connectivity index (χ4v) is 0.845. The highest BCUT2D eigenvalue weighted by Crippen LogP contribution is 2.18. The molecule has 13 heavy (non-hydrogen) atoms. The second-order valence-corrected chi connectivity index (χ2v) is 2.39. The van der Waals surface area contributed by atoms with Crippen molar-refractivity contribution in [3.8, 4) is 0 Å². The zero-order valence-corrected chi connectivity index (χ0v) is 6.38. The van der Waals surface area contributed by atoms with Crippen LogP contribution in [0.15, 0.2) is 12.5 Å². The molecule has 2 N–H and O–H groups in total. The van der Waals surface area contributed by atoms with Gasteiger partial charge in [-0.05, 0) is 0 Å². The zero-order valence-electron chi connectivity index (χ0n) is 6.38. The van der Waals surface area contributed by atoms with Crippen LogP contribution in [0.1, 0.15) is 10.5 Å². The van der Waals surface area contributed by atoms with Gasteiger partial charge in [-0.2, -0.15) is 13.2 Å². The molecule has 0 aliphatic rings. The van der Waals surface area contributed by atoms with Crippen molar-refractivity contribution in [2.75, 3.05) is 0 Å². The van der Waals surface area contributed by atoms with Crippen LogP contribution in [0.3, 0.4) is 0 Å². The Bertz CT molecular complexity index is 317. The minimum Gasteiger partial charge on any atom is -0.364 e. The van der Waals surface area contributed by atoms with Crippen LogP contribution in [-0.2, 0) is 6.54 Å². The first-order valence-corrected chi connectivity index (χ1v) is 3.27. The third kappa shape index (κ3) is 2.46. The maximum atomic E-state index is 11.9. The van der Waals surface area contributed by atoms with Crippen molar-refractivity contribution in [2.24, 2.45) is 5.73 Å². The van der Waals surface area contributed by atoms with Crippen molar-refractivity contribution < 1.29 is 18.0 Å². The molecule has 0 fully saturated rings. The number of nitrogens with zero attached hydrogens (tertiary/aromatic N) is 2. The summed E-state index contributed by atoms with van der Waals surface area (Å²) in [4.78, 5) is 14.0. The van der Waals surface area contributed by atoms with Gasteiger partial charge in [-0.3, -0.25) is 4.79 Å². The van der Waals surface area contributed by atoms with Gasteiger partial charge in [-0.15, -0.1) is 0 Å². The van der Waals surface area contributed by atoms with Crippen LogP contribution in [0.2, 0.25) is 0 Å². The lowest BCUT2D eigenvalue weighted by Gasteiger charge is -2.08. The van der Waals surface area contributed by atoms with Gasteiger partial charge in [0.2, 0.25) is 0 Å². The van der Waals surface area contributed by atoms with Gasteiger partial charge in [0.25, 0.3) is 5.91 Å². The van der Waals surface area contributed by atoms with Crippen molar-refractivity contribution in [1.29, 1.82) is 0 Å². The molecule has 0 aliphatic heterocycles. The lowest BCUT2D eigenvalue weighted by molar-refractivity contribution is -0.140. The zero-order chi connectivity index (χ0) is 10.1. The Kier molecular flexibility index (Phi) is 2.26. The molecule has 1 aromatic rings. The molecule has 1 heterocycles. The average Bonchev–Trinajstić information content (AvgIpc) is 2.31. The molecule has 0 radical (unpaired) electrons. The topological polar surface area (TPSA) is 60.9 Å². The molecule has 1 rings (SSSR count). The Balaban J connectivity index is 2.89. The van der Waals surface area contributed by atoms with E-state index < -0.39 is 18.6 Å². The van der Waals surface area contributed by atoms with E-state index in [-0.39, 0.29) is 5.69 Å². The van der Waals surface area contributed by atoms with Gasteiger partial charge in [-0.1, -0.05) is 0 Å². The number of aromatic nitrogens is 2. The van der Waals surface area contributed by atoms with E-state index in [1.54, 1.807) is 0 Å². The molecule has 7 heteroatoms. The van der Waals surface area contributed by atoms with E-state index in [4.69, 9.17) is 5.73 Å². The molecule has 4 nitrogen and oxygen atoms in total. The van der Waals surface area contributed by atoms with E-state index in [9.17, 15) is 18.0 Å². The highest BCUT2D eigenvalue weighted by Gasteiger charge is 2.29. The first-order valence-electron chi connectivity index (χ1n) is 3.27. The van der Waals surface area contributed by atoms with Crippen molar-refractivity contribution in [2.45, 2.75) is 12.7 Å². The largest absolute Gasteiger partial charge is 0.406 e. The monoisotopic (exact) mass is 193 g/mol. The van der Waals surface area contributed by atoms with Gasteiger partial charge < -0.3 is 10.3 Å². The Morgan fingerprint density at radius 1 is 1.62 bits per heavy atom. The van der Waals surface area contributed by atoms with Crippen molar-refractivity contribution in [1.82, 2.24) is 9.55 Å². The Hall–Kier alpha value is -1.53. The van der Waals surface area contributed by atoms with E-state index in [1.807, 2.05) is 0 Å². The van der Waals surface area contributed by atoms with Gasteiger partial charge in [0.1, 0.15) is 12.2 Å². The van der Waals surface area contributed by atoms with E-state index in [2.05, 4.69) is 4.98 Å². The molecule has 0 spiro atoms. The number of carbonyl (C=O) groups excluding carboxylic acids is 1. The molecule has 0 saturated carbocycles. The number of carbonyl (C=O) groups is 1. The molecule has 0 unspecified atom stereocenters. The summed E-state index contributed by atoms with van der Waals surface area (Å²) in [5.74, 6) is -0.929. The molecular weight excluding hydrogens is 187 g/mol. The summed E-state index contributed by atoms with van der Waals surface area (Å²) in [6.07, 6.45) is -2.48. The van der Waals surface area contributed by atoms with Gasteiger partial charge in [0, 0.05) is 0 Å². The maximum absolute atomic E-state index is 11.9. The van der Waals surface area contributed by atoms with Crippen LogP contribution >= 0.6 is 0 Å². The molecule has 72 valence electrons. The second-order valence-electron chi connectivity index (χ2n) is 2.39. The molecular formula is C6H6F3N3O. The number of hydrogen-bond donors (Lipinski definition) is 1. The van der Waals surface area contributed by atoms with Crippen molar-refractivity contribution in [3.63, 3.8) is 0 Å². The lowest BCUT2D eigenvalue weighted by atomic mass is 10.4. The summed E-state index contributed by atoms with van der Waals surface area (Å²) in [5, 5.41) is 0. The SMILES string of the molecule is NC(=O)c1cncn1CC(F)(F)F. The Morgan fingerprint density at radius 2 is 2.23 bits per heavy atom. The molecule has 0 atom stereocenters. The summed E-state index contributed by atoms with van der Waals surface area (Å²) in [5.41, 5.74) is 4.56. The lowest BCUT2D eigenvalue weighted by Crippen LogP contribution is -2.23. The van der Waals surface area contributed by atoms with Crippen LogP contribution < -0.4 is 5.73 Å². The quantitative estimate of drug-likeness (QED) is 0.745. The second kappa shape index (κ2) is 3.08. The summed E-state index contributed by atoms with van der Waals surface area (Å²) >= 11 is 0. The van der Waals surface area contributed by atoms with E-state index in [0.717, 1.165) is 12.5 Å². The van der Waals surface area contributed by atoms with E-state index in [0.29, 0.717) is 4.57 Å². The van der Waals surface area contributed by atoms with Crippen LogP contribution in [-0.4, -0.2) is 21.6 Å². The first-order chi connectivity index (χ1) is 5.90. The highest BCUT2D eigenvalue weighted by atomic mass is 19.4. The van der Waals surface area contributed by atoms with Crippen molar-refractivity contribution >= 4 is 5.91 Å². The molecule has 0 saturated heterocycles. The summed E-state index contributed by atoms with van der Waals surface area (Å²) in [6.45, 7) is -1.26. The Labute approximate surface area is 71.2 Å². The smallest absolute Gasteiger partial charge is 0.364 e. The molecule has 1 aromatic heterocycles. The van der Waals surface area contributed by atoms with Crippen LogP contribution in [0.5, 0.6) is 0 Å². The molecule has 0 aromatic carbocycles. The number of imidazole rings is 1. The number of rotatable bonds is 2. The number of halogens is 3. The fourth-order valence-electron chi connectivity index (χ4n) is 0.845. The van der Waals surface area contributed by atoms with Crippen molar-refractivity contribution in [3.05, 3.63) is 18.2 Å². The van der Waals surface area contributed by atoms with E-state index >= 15 is 0 Å². The number of amides is 1. The minimum absolute atomic E-state index is 0.252. The molecule has 0 aliphatic carbocycles. The number of nitrogens with two attached hydrogens (primary N) is 1. The summed E-state index contributed by atoms with van der Waals surface area (Å²) in [7, 11) is 0.